The Hall–Kier alpha value is -2.30. The fraction of sp³-hybridized carbons (Fsp3) is 0.474. The third kappa shape index (κ3) is 3.78. The van der Waals surface area contributed by atoms with Crippen LogP contribution in [0.15, 0.2) is 30.3 Å². The van der Waals surface area contributed by atoms with Crippen molar-refractivity contribution < 1.29 is 9.53 Å². The zero-order chi connectivity index (χ0) is 16.9. The molecule has 24 heavy (non-hydrogen) atoms. The van der Waals surface area contributed by atoms with Crippen molar-refractivity contribution in [1.82, 2.24) is 15.1 Å². The monoisotopic (exact) mass is 327 g/mol. The van der Waals surface area contributed by atoms with E-state index < -0.39 is 0 Å². The number of nitrogens with zero attached hydrogens (tertiary/aromatic N) is 2. The quantitative estimate of drug-likeness (QED) is 0.874. The van der Waals surface area contributed by atoms with Crippen LogP contribution in [0.2, 0.25) is 0 Å². The van der Waals surface area contributed by atoms with Gasteiger partial charge in [-0.25, -0.2) is 0 Å². The van der Waals surface area contributed by atoms with Gasteiger partial charge in [0.15, 0.2) is 0 Å². The predicted octanol–water partition coefficient (Wildman–Crippen LogP) is 3.55. The molecule has 5 heteroatoms. The Morgan fingerprint density at radius 2 is 1.96 bits per heavy atom. The first-order valence-electron chi connectivity index (χ1n) is 8.66. The molecule has 1 saturated carbocycles. The van der Waals surface area contributed by atoms with Gasteiger partial charge in [0, 0.05) is 18.7 Å². The van der Waals surface area contributed by atoms with Gasteiger partial charge in [-0.2, -0.15) is 5.10 Å². The largest absolute Gasteiger partial charge is 0.497 e. The molecule has 0 spiro atoms. The lowest BCUT2D eigenvalue weighted by atomic mass is 10.1. The second-order valence-corrected chi connectivity index (χ2v) is 6.43. The van der Waals surface area contributed by atoms with Crippen molar-refractivity contribution in [2.45, 2.75) is 44.6 Å². The van der Waals surface area contributed by atoms with Gasteiger partial charge in [0.25, 0.3) is 5.91 Å². The molecule has 1 aliphatic carbocycles. The number of carbonyl (C=O) groups excluding carboxylic acids is 1. The molecule has 1 fully saturated rings. The first-order valence-corrected chi connectivity index (χ1v) is 8.66. The summed E-state index contributed by atoms with van der Waals surface area (Å²) in [5, 5.41) is 7.67. The Labute approximate surface area is 143 Å². The summed E-state index contributed by atoms with van der Waals surface area (Å²) in [7, 11) is 3.45. The summed E-state index contributed by atoms with van der Waals surface area (Å²) in [6, 6.07) is 9.85. The molecular weight excluding hydrogens is 302 g/mol. The molecule has 128 valence electrons. The lowest BCUT2D eigenvalue weighted by molar-refractivity contribution is 0.0924. The molecular formula is C19H25N3O2. The van der Waals surface area contributed by atoms with Gasteiger partial charge in [-0.1, -0.05) is 37.8 Å². The molecule has 1 N–H and O–H groups in total. The second kappa shape index (κ2) is 7.51. The van der Waals surface area contributed by atoms with Gasteiger partial charge in [0.05, 0.1) is 12.8 Å². The number of methoxy groups -OCH3 is 1. The van der Waals surface area contributed by atoms with Crippen LogP contribution in [-0.4, -0.2) is 28.8 Å². The van der Waals surface area contributed by atoms with E-state index in [0.717, 1.165) is 29.8 Å². The van der Waals surface area contributed by atoms with Crippen molar-refractivity contribution >= 4 is 5.91 Å². The summed E-state index contributed by atoms with van der Waals surface area (Å²) in [4.78, 5) is 12.6. The molecule has 0 aliphatic heterocycles. The Morgan fingerprint density at radius 3 is 2.67 bits per heavy atom. The number of benzene rings is 1. The summed E-state index contributed by atoms with van der Waals surface area (Å²) >= 11 is 0. The smallest absolute Gasteiger partial charge is 0.269 e. The van der Waals surface area contributed by atoms with Crippen LogP contribution < -0.4 is 10.1 Å². The normalized spacial score (nSPS) is 15.8. The molecule has 5 nitrogen and oxygen atoms in total. The molecule has 1 aromatic heterocycles. The number of carbonyl (C=O) groups is 1. The number of amides is 1. The molecule has 1 heterocycles. The van der Waals surface area contributed by atoms with Crippen molar-refractivity contribution in [3.8, 4) is 17.0 Å². The number of ether oxygens (including phenoxy) is 1. The predicted molar refractivity (Wildman–Crippen MR) is 94.2 cm³/mol. The lowest BCUT2D eigenvalue weighted by Gasteiger charge is -2.15. The van der Waals surface area contributed by atoms with Crippen molar-refractivity contribution in [3.05, 3.63) is 36.0 Å². The molecule has 0 radical (unpaired) electrons. The average Bonchev–Trinajstić information content (AvgIpc) is 2.81. The first kappa shape index (κ1) is 16.6. The zero-order valence-electron chi connectivity index (χ0n) is 14.4. The highest BCUT2D eigenvalue weighted by Crippen LogP contribution is 2.24. The van der Waals surface area contributed by atoms with E-state index >= 15 is 0 Å². The average molecular weight is 327 g/mol. The van der Waals surface area contributed by atoms with Crippen molar-refractivity contribution in [2.24, 2.45) is 7.05 Å². The van der Waals surface area contributed by atoms with E-state index in [1.165, 1.54) is 25.7 Å². The van der Waals surface area contributed by atoms with Crippen molar-refractivity contribution in [2.75, 3.05) is 7.11 Å². The number of hydrogen-bond donors (Lipinski definition) is 1. The highest BCUT2D eigenvalue weighted by molar-refractivity contribution is 5.93. The van der Waals surface area contributed by atoms with Crippen LogP contribution in [-0.2, 0) is 7.05 Å². The van der Waals surface area contributed by atoms with Crippen LogP contribution >= 0.6 is 0 Å². The Balaban J connectivity index is 1.76. The summed E-state index contributed by atoms with van der Waals surface area (Å²) < 4.78 is 6.91. The van der Waals surface area contributed by atoms with E-state index in [-0.39, 0.29) is 11.9 Å². The highest BCUT2D eigenvalue weighted by Gasteiger charge is 2.19. The molecule has 3 rings (SSSR count). The fourth-order valence-electron chi connectivity index (χ4n) is 3.29. The van der Waals surface area contributed by atoms with Crippen LogP contribution in [0.5, 0.6) is 5.75 Å². The fourth-order valence-corrected chi connectivity index (χ4v) is 3.29. The van der Waals surface area contributed by atoms with Crippen molar-refractivity contribution in [3.63, 3.8) is 0 Å². The minimum atomic E-state index is -0.0361. The van der Waals surface area contributed by atoms with Crippen LogP contribution in [0.3, 0.4) is 0 Å². The van der Waals surface area contributed by atoms with Gasteiger partial charge >= 0.3 is 0 Å². The molecule has 0 atom stereocenters. The van der Waals surface area contributed by atoms with E-state index in [9.17, 15) is 4.79 Å². The van der Waals surface area contributed by atoms with Crippen LogP contribution in [0.25, 0.3) is 11.3 Å². The number of hydrogen-bond acceptors (Lipinski definition) is 3. The number of rotatable bonds is 4. The Morgan fingerprint density at radius 1 is 1.21 bits per heavy atom. The Bertz CT molecular complexity index is 700. The van der Waals surface area contributed by atoms with Crippen LogP contribution in [0, 0.1) is 0 Å². The van der Waals surface area contributed by atoms with E-state index in [1.807, 2.05) is 37.4 Å². The first-order chi connectivity index (χ1) is 11.7. The summed E-state index contributed by atoms with van der Waals surface area (Å²) in [6.45, 7) is 0. The third-order valence-electron chi connectivity index (χ3n) is 4.67. The number of aromatic nitrogens is 2. The van der Waals surface area contributed by atoms with Gasteiger partial charge in [-0.3, -0.25) is 9.48 Å². The maximum Gasteiger partial charge on any atom is 0.269 e. The van der Waals surface area contributed by atoms with Gasteiger partial charge in [0.2, 0.25) is 0 Å². The molecule has 0 saturated heterocycles. The minimum absolute atomic E-state index is 0.0361. The molecule has 0 bridgehead atoms. The van der Waals surface area contributed by atoms with Gasteiger partial charge < -0.3 is 10.1 Å². The van der Waals surface area contributed by atoms with Gasteiger partial charge in [-0.15, -0.1) is 0 Å². The highest BCUT2D eigenvalue weighted by atomic mass is 16.5. The van der Waals surface area contributed by atoms with E-state index in [4.69, 9.17) is 4.74 Å². The maximum absolute atomic E-state index is 12.6. The minimum Gasteiger partial charge on any atom is -0.497 e. The van der Waals surface area contributed by atoms with E-state index in [2.05, 4.69) is 10.4 Å². The summed E-state index contributed by atoms with van der Waals surface area (Å²) in [5.41, 5.74) is 2.32. The maximum atomic E-state index is 12.6. The number of aryl methyl sites for hydroxylation is 1. The SMILES string of the molecule is COc1cccc(-c2cc(C(=O)NC3CCCCCC3)n(C)n2)c1. The molecule has 1 aromatic carbocycles. The Kier molecular flexibility index (Phi) is 5.18. The summed E-state index contributed by atoms with van der Waals surface area (Å²) in [6.07, 6.45) is 7.10. The van der Waals surface area contributed by atoms with Crippen LogP contribution in [0.1, 0.15) is 49.0 Å². The lowest BCUT2D eigenvalue weighted by Crippen LogP contribution is -2.35. The molecule has 2 aromatic rings. The third-order valence-corrected chi connectivity index (χ3v) is 4.67. The van der Waals surface area contributed by atoms with Gasteiger partial charge in [0.1, 0.15) is 11.4 Å². The standard InChI is InChI=1S/C19H25N3O2/c1-22-18(19(23)20-15-9-5-3-4-6-10-15)13-17(21-22)14-8-7-11-16(12-14)24-2/h7-8,11-13,15H,3-6,9-10H2,1-2H3,(H,20,23). The second-order valence-electron chi connectivity index (χ2n) is 6.43. The number of nitrogens with one attached hydrogen (secondary N) is 1. The topological polar surface area (TPSA) is 56.1 Å². The molecule has 1 aliphatic rings. The van der Waals surface area contributed by atoms with E-state index in [1.54, 1.807) is 11.8 Å². The van der Waals surface area contributed by atoms with Crippen LogP contribution in [0.4, 0.5) is 0 Å². The molecule has 0 unspecified atom stereocenters. The van der Waals surface area contributed by atoms with Crippen molar-refractivity contribution in [1.29, 1.82) is 0 Å². The summed E-state index contributed by atoms with van der Waals surface area (Å²) in [5.74, 6) is 0.744. The zero-order valence-corrected chi connectivity index (χ0v) is 14.4. The van der Waals surface area contributed by atoms with E-state index in [0.29, 0.717) is 5.69 Å². The molecule has 1 amide bonds. The van der Waals surface area contributed by atoms with Gasteiger partial charge in [-0.05, 0) is 31.0 Å².